The van der Waals surface area contributed by atoms with Crippen molar-refractivity contribution in [2.24, 2.45) is 0 Å². The first-order valence-corrected chi connectivity index (χ1v) is 13.5. The molecule has 2 atom stereocenters. The minimum absolute atomic E-state index is 0.0442. The summed E-state index contributed by atoms with van der Waals surface area (Å²) in [6.45, 7) is 11.3. The average Bonchev–Trinajstić information content (AvgIpc) is 3.36. The van der Waals surface area contributed by atoms with E-state index in [0.29, 0.717) is 6.61 Å². The predicted molar refractivity (Wildman–Crippen MR) is 152 cm³/mol. The fourth-order valence-corrected chi connectivity index (χ4v) is 6.77. The summed E-state index contributed by atoms with van der Waals surface area (Å²) in [5.74, 6) is 0.0547. The second-order valence-electron chi connectivity index (χ2n) is 10.9. The number of pyridine rings is 2. The molecule has 0 bridgehead atoms. The number of aliphatic hydroxyl groups excluding tert-OH is 1. The molecule has 6 rings (SSSR count). The molecule has 0 radical (unpaired) electrons. The Kier molecular flexibility index (Phi) is 5.66. The van der Waals surface area contributed by atoms with Crippen LogP contribution in [0.15, 0.2) is 84.8 Å². The zero-order chi connectivity index (χ0) is 25.9. The molecule has 186 valence electrons. The van der Waals surface area contributed by atoms with Crippen LogP contribution < -0.4 is 4.57 Å². The Morgan fingerprint density at radius 3 is 2.57 bits per heavy atom. The van der Waals surface area contributed by atoms with Gasteiger partial charge in [0.15, 0.2) is 12.0 Å². The average molecular weight is 508 g/mol. The molecule has 5 aromatic rings. The van der Waals surface area contributed by atoms with E-state index in [9.17, 15) is 5.11 Å². The lowest BCUT2D eigenvalue weighted by molar-refractivity contribution is -0.712. The van der Waals surface area contributed by atoms with Crippen molar-refractivity contribution in [2.45, 2.75) is 38.1 Å². The summed E-state index contributed by atoms with van der Waals surface area (Å²) in [6.07, 6.45) is 5.96. The van der Waals surface area contributed by atoms with Crippen LogP contribution in [0.1, 0.15) is 43.9 Å². The van der Waals surface area contributed by atoms with Crippen LogP contribution in [-0.2, 0) is 10.2 Å². The van der Waals surface area contributed by atoms with E-state index in [0.717, 1.165) is 16.8 Å². The topological polar surface area (TPSA) is 46.2 Å². The summed E-state index contributed by atoms with van der Waals surface area (Å²) in [6, 6.07) is 17.2. The summed E-state index contributed by atoms with van der Waals surface area (Å²) < 4.78 is 9.08. The number of hydrogen-bond acceptors (Lipinski definition) is 4. The smallest absolute Gasteiger partial charge is 0.223 e. The van der Waals surface area contributed by atoms with E-state index in [1.165, 1.54) is 37.5 Å². The monoisotopic (exact) mass is 507 g/mol. The number of allylic oxidation sites excluding steroid dienone is 1. The van der Waals surface area contributed by atoms with Crippen LogP contribution in [0.5, 0.6) is 0 Å². The van der Waals surface area contributed by atoms with Gasteiger partial charge in [-0.15, -0.1) is 11.3 Å². The molecule has 4 heterocycles. The maximum atomic E-state index is 10.9. The Balaban J connectivity index is 1.71. The second-order valence-corrected chi connectivity index (χ2v) is 11.9. The quantitative estimate of drug-likeness (QED) is 0.200. The van der Waals surface area contributed by atoms with E-state index < -0.39 is 0 Å². The normalized spacial score (nSPS) is 17.1. The van der Waals surface area contributed by atoms with Crippen LogP contribution in [0.4, 0.5) is 0 Å². The molecular weight excluding hydrogens is 476 g/mol. The van der Waals surface area contributed by atoms with Gasteiger partial charge in [0.2, 0.25) is 11.7 Å². The highest BCUT2D eigenvalue weighted by Crippen LogP contribution is 2.47. The number of nitrogens with zero attached hydrogens (tertiary/aromatic N) is 2. The Bertz CT molecular complexity index is 1680. The largest absolute Gasteiger partial charge is 0.506 e. The van der Waals surface area contributed by atoms with Gasteiger partial charge in [-0.2, -0.15) is 4.57 Å². The highest BCUT2D eigenvalue weighted by Gasteiger charge is 2.44. The Morgan fingerprint density at radius 1 is 1.05 bits per heavy atom. The third-order valence-electron chi connectivity index (χ3n) is 7.59. The Morgan fingerprint density at radius 2 is 1.84 bits per heavy atom. The molecule has 4 nitrogen and oxygen atoms in total. The highest BCUT2D eigenvalue weighted by molar-refractivity contribution is 7.17. The summed E-state index contributed by atoms with van der Waals surface area (Å²) in [5, 5.41) is 16.7. The zero-order valence-corrected chi connectivity index (χ0v) is 22.5. The number of hydrogen-bond donors (Lipinski definition) is 1. The summed E-state index contributed by atoms with van der Waals surface area (Å²) in [4.78, 5) is 4.52. The van der Waals surface area contributed by atoms with Crippen molar-refractivity contribution in [1.29, 1.82) is 0 Å². The van der Waals surface area contributed by atoms with Gasteiger partial charge in [0.05, 0.1) is 22.8 Å². The van der Waals surface area contributed by atoms with Crippen LogP contribution in [0.25, 0.3) is 43.2 Å². The highest BCUT2D eigenvalue weighted by atomic mass is 32.1. The minimum Gasteiger partial charge on any atom is -0.506 e. The van der Waals surface area contributed by atoms with Crippen molar-refractivity contribution < 1.29 is 14.4 Å². The third-order valence-corrected chi connectivity index (χ3v) is 8.44. The van der Waals surface area contributed by atoms with Gasteiger partial charge < -0.3 is 9.84 Å². The van der Waals surface area contributed by atoms with Crippen LogP contribution in [0, 0.1) is 0 Å². The molecule has 1 aliphatic heterocycles. The van der Waals surface area contributed by atoms with E-state index >= 15 is 0 Å². The summed E-state index contributed by atoms with van der Waals surface area (Å²) in [5.41, 5.74) is 6.91. The first kappa shape index (κ1) is 23.8. The number of aliphatic hydroxyl groups is 1. The molecular formula is C32H31N2O2S+. The lowest BCUT2D eigenvalue weighted by Crippen LogP contribution is -2.49. The predicted octanol–water partition coefficient (Wildman–Crippen LogP) is 7.72. The van der Waals surface area contributed by atoms with Gasteiger partial charge in [-0.25, -0.2) is 0 Å². The first-order valence-electron chi connectivity index (χ1n) is 12.6. The number of thiophene rings is 1. The van der Waals surface area contributed by atoms with E-state index in [1.54, 1.807) is 18.4 Å². The number of ether oxygens (including phenoxy) is 1. The van der Waals surface area contributed by atoms with Crippen molar-refractivity contribution in [2.75, 3.05) is 13.7 Å². The SMILES string of the molecule is C=C(O)C1C(COC)c2c(cc(C(C)(C)C)c3ccccc23)-c2cc(-c3cncc4sccc34)cc[n+]21. The van der Waals surface area contributed by atoms with Crippen LogP contribution in [0.2, 0.25) is 0 Å². The standard InChI is InChI=1S/C32H30N2O2S/c1-19(35)31-26(18-36-5)30-23-9-7-6-8-21(23)27(32(2,3)4)15-24(30)28-14-20(10-12-34(28)31)25-16-33-17-29-22(25)11-13-37-29/h6-17,26,31H,1,18H2,2-5H3/p+1. The maximum Gasteiger partial charge on any atom is 0.223 e. The molecule has 0 spiro atoms. The zero-order valence-electron chi connectivity index (χ0n) is 21.7. The van der Waals surface area contributed by atoms with Crippen molar-refractivity contribution in [3.63, 3.8) is 0 Å². The molecule has 3 aromatic heterocycles. The van der Waals surface area contributed by atoms with E-state index in [1.807, 2.05) is 12.4 Å². The maximum absolute atomic E-state index is 10.9. The molecule has 0 amide bonds. The Hall–Kier alpha value is -3.54. The lowest BCUT2D eigenvalue weighted by atomic mass is 9.75. The first-order chi connectivity index (χ1) is 17.8. The Labute approximate surface area is 221 Å². The van der Waals surface area contributed by atoms with Crippen molar-refractivity contribution in [1.82, 2.24) is 4.98 Å². The molecule has 1 aliphatic rings. The number of methoxy groups -OCH3 is 1. The van der Waals surface area contributed by atoms with Gasteiger partial charge in [-0.1, -0.05) is 51.6 Å². The molecule has 0 fully saturated rings. The van der Waals surface area contributed by atoms with Gasteiger partial charge in [0.1, 0.15) is 0 Å². The van der Waals surface area contributed by atoms with E-state index in [2.05, 4.69) is 97.0 Å². The number of benzene rings is 2. The van der Waals surface area contributed by atoms with Gasteiger partial charge >= 0.3 is 0 Å². The molecule has 0 saturated heterocycles. The van der Waals surface area contributed by atoms with Gasteiger partial charge in [-0.3, -0.25) is 4.98 Å². The fourth-order valence-electron chi connectivity index (χ4n) is 5.99. The van der Waals surface area contributed by atoms with Gasteiger partial charge in [0.25, 0.3) is 0 Å². The van der Waals surface area contributed by atoms with Crippen LogP contribution in [-0.4, -0.2) is 23.8 Å². The summed E-state index contributed by atoms with van der Waals surface area (Å²) in [7, 11) is 1.72. The van der Waals surface area contributed by atoms with Crippen molar-refractivity contribution in [3.05, 3.63) is 96.0 Å². The molecule has 5 heteroatoms. The van der Waals surface area contributed by atoms with Crippen molar-refractivity contribution in [3.8, 4) is 22.4 Å². The molecule has 0 saturated carbocycles. The van der Waals surface area contributed by atoms with Crippen LogP contribution >= 0.6 is 11.3 Å². The van der Waals surface area contributed by atoms with Gasteiger partial charge in [-0.05, 0) is 50.4 Å². The molecule has 2 unspecified atom stereocenters. The number of fused-ring (bicyclic) bond motifs is 6. The molecule has 0 aliphatic carbocycles. The number of rotatable bonds is 4. The number of aromatic nitrogens is 2. The lowest BCUT2D eigenvalue weighted by Gasteiger charge is -2.33. The molecule has 1 N–H and O–H groups in total. The van der Waals surface area contributed by atoms with Crippen LogP contribution in [0.3, 0.4) is 0 Å². The minimum atomic E-state index is -0.338. The fraction of sp³-hybridized carbons (Fsp3) is 0.250. The third kappa shape index (κ3) is 3.76. The molecule has 2 aromatic carbocycles. The van der Waals surface area contributed by atoms with Gasteiger partial charge in [0, 0.05) is 42.6 Å². The summed E-state index contributed by atoms with van der Waals surface area (Å²) >= 11 is 1.70. The van der Waals surface area contributed by atoms with E-state index in [4.69, 9.17) is 4.74 Å². The van der Waals surface area contributed by atoms with Crippen molar-refractivity contribution >= 4 is 32.2 Å². The second kappa shape index (κ2) is 8.79. The molecule has 37 heavy (non-hydrogen) atoms. The van der Waals surface area contributed by atoms with E-state index in [-0.39, 0.29) is 23.1 Å².